The summed E-state index contributed by atoms with van der Waals surface area (Å²) in [6.07, 6.45) is 11.3. The maximum atomic E-state index is 13.9. The lowest BCUT2D eigenvalue weighted by Gasteiger charge is -2.37. The van der Waals surface area contributed by atoms with E-state index >= 15 is 0 Å². The van der Waals surface area contributed by atoms with Crippen LogP contribution in [0, 0.1) is 0 Å². The number of hydrogen-bond acceptors (Lipinski definition) is 11. The highest BCUT2D eigenvalue weighted by Crippen LogP contribution is 2.57. The lowest BCUT2D eigenvalue weighted by atomic mass is 9.91. The molecule has 2 saturated heterocycles. The summed E-state index contributed by atoms with van der Waals surface area (Å²) in [4.78, 5) is 25.5. The van der Waals surface area contributed by atoms with E-state index in [9.17, 15) is 21.6 Å². The monoisotopic (exact) mass is 703 g/mol. The van der Waals surface area contributed by atoms with Gasteiger partial charge in [-0.15, -0.1) is 0 Å². The highest BCUT2D eigenvalue weighted by atomic mass is 32.2. The van der Waals surface area contributed by atoms with Gasteiger partial charge in [-0.05, 0) is 95.2 Å². The van der Waals surface area contributed by atoms with Crippen molar-refractivity contribution in [1.29, 1.82) is 0 Å². The van der Waals surface area contributed by atoms with E-state index in [0.717, 1.165) is 76.2 Å². The molecule has 0 radical (unpaired) electrons. The molecule has 1 aromatic heterocycles. The maximum absolute atomic E-state index is 13.9. The Labute approximate surface area is 282 Å². The van der Waals surface area contributed by atoms with Crippen LogP contribution in [-0.2, 0) is 44.0 Å². The summed E-state index contributed by atoms with van der Waals surface area (Å²) in [7, 11) is -7.51. The van der Waals surface area contributed by atoms with E-state index in [-0.39, 0.29) is 35.3 Å². The van der Waals surface area contributed by atoms with Gasteiger partial charge in [-0.1, -0.05) is 12.1 Å². The van der Waals surface area contributed by atoms with E-state index < -0.39 is 31.7 Å². The third-order valence-corrected chi connectivity index (χ3v) is 12.9. The number of ether oxygens (including phenoxy) is 2. The molecule has 7 rings (SSSR count). The summed E-state index contributed by atoms with van der Waals surface area (Å²) < 4.78 is 68.9. The number of carbonyl (C=O) groups is 1. The molecule has 1 aromatic carbocycles. The molecule has 2 unspecified atom stereocenters. The highest BCUT2D eigenvalue weighted by Gasteiger charge is 2.61. The van der Waals surface area contributed by atoms with Gasteiger partial charge in [0.25, 0.3) is 10.1 Å². The molecule has 48 heavy (non-hydrogen) atoms. The Kier molecular flexibility index (Phi) is 9.30. The Morgan fingerprint density at radius 1 is 1.04 bits per heavy atom. The van der Waals surface area contributed by atoms with Crippen LogP contribution in [0.3, 0.4) is 0 Å². The number of anilines is 2. The summed E-state index contributed by atoms with van der Waals surface area (Å²) in [5.74, 6) is 1.27. The van der Waals surface area contributed by atoms with Gasteiger partial charge in [-0.2, -0.15) is 17.7 Å². The van der Waals surface area contributed by atoms with Crippen LogP contribution >= 0.6 is 0 Å². The number of nitrogens with one attached hydrogen (secondary N) is 1. The van der Waals surface area contributed by atoms with Gasteiger partial charge in [0.15, 0.2) is 6.29 Å². The zero-order valence-electron chi connectivity index (χ0n) is 27.5. The van der Waals surface area contributed by atoms with Gasteiger partial charge < -0.3 is 14.8 Å². The predicted octanol–water partition coefficient (Wildman–Crippen LogP) is 4.01. The van der Waals surface area contributed by atoms with Crippen molar-refractivity contribution in [3.05, 3.63) is 41.6 Å². The second-order valence-electron chi connectivity index (χ2n) is 13.9. The number of carbonyl (C=O) groups excluding carboxylic acids is 1. The van der Waals surface area contributed by atoms with Crippen LogP contribution < -0.4 is 10.2 Å². The van der Waals surface area contributed by atoms with Gasteiger partial charge in [-0.25, -0.2) is 13.4 Å². The summed E-state index contributed by atoms with van der Waals surface area (Å²) >= 11 is 0. The van der Waals surface area contributed by atoms with Crippen molar-refractivity contribution in [2.75, 3.05) is 36.2 Å². The molecular formula is C33H45N5O8S2. The minimum Gasteiger partial charge on any atom is -0.353 e. The summed E-state index contributed by atoms with van der Waals surface area (Å²) in [6, 6.07) is 6.18. The Morgan fingerprint density at radius 2 is 1.83 bits per heavy atom. The number of sulfonamides is 1. The first-order chi connectivity index (χ1) is 22.9. The van der Waals surface area contributed by atoms with Crippen LogP contribution in [0.25, 0.3) is 0 Å². The third-order valence-electron chi connectivity index (χ3n) is 10.4. The van der Waals surface area contributed by atoms with Crippen LogP contribution in [0.15, 0.2) is 35.4 Å². The minimum absolute atomic E-state index is 0.00851. The van der Waals surface area contributed by atoms with E-state index in [2.05, 4.69) is 10.3 Å². The fourth-order valence-corrected chi connectivity index (χ4v) is 9.84. The molecular weight excluding hydrogens is 659 g/mol. The number of nitrogens with zero attached hydrogens (tertiary/aromatic N) is 4. The Balaban J connectivity index is 1.01. The van der Waals surface area contributed by atoms with Crippen LogP contribution in [0.2, 0.25) is 0 Å². The molecule has 2 aliphatic carbocycles. The average Bonchev–Trinajstić information content (AvgIpc) is 3.83. The molecule has 15 heteroatoms. The molecule has 262 valence electrons. The summed E-state index contributed by atoms with van der Waals surface area (Å²) in [5.41, 5.74) is 0.873. The maximum Gasteiger partial charge on any atom is 0.264 e. The largest absolute Gasteiger partial charge is 0.353 e. The topological polar surface area (TPSA) is 157 Å². The third kappa shape index (κ3) is 6.86. The quantitative estimate of drug-likeness (QED) is 0.357. The van der Waals surface area contributed by atoms with E-state index in [1.54, 1.807) is 19.1 Å². The van der Waals surface area contributed by atoms with Gasteiger partial charge in [0, 0.05) is 43.5 Å². The first-order valence-corrected chi connectivity index (χ1v) is 20.4. The number of rotatable bonds is 10. The molecule has 0 bridgehead atoms. The molecule has 1 amide bonds. The molecule has 2 aromatic rings. The van der Waals surface area contributed by atoms with E-state index in [1.165, 1.54) is 16.4 Å². The SMILES string of the molecule is CC(OS(C)(=O)=O)c1cccc(S(=O)(=O)N2CCC(Nc3ncc4c(n3)N([C@@H]3CCC[C@@H](OC5CCCCO5)C3)C(=O)C43CC3)CC2)c1. The number of amides is 1. The lowest BCUT2D eigenvalue weighted by Crippen LogP contribution is -2.45. The molecule has 1 N–H and O–H groups in total. The number of aromatic nitrogens is 2. The van der Waals surface area contributed by atoms with Crippen LogP contribution in [0.5, 0.6) is 0 Å². The summed E-state index contributed by atoms with van der Waals surface area (Å²) in [5, 5.41) is 3.42. The zero-order valence-corrected chi connectivity index (χ0v) is 29.2. The van der Waals surface area contributed by atoms with E-state index in [4.69, 9.17) is 18.6 Å². The second kappa shape index (κ2) is 13.2. The highest BCUT2D eigenvalue weighted by molar-refractivity contribution is 7.89. The van der Waals surface area contributed by atoms with Crippen LogP contribution in [0.4, 0.5) is 11.8 Å². The predicted molar refractivity (Wildman–Crippen MR) is 177 cm³/mol. The normalized spacial score (nSPS) is 27.2. The molecule has 2 saturated carbocycles. The first kappa shape index (κ1) is 33.8. The molecule has 3 aliphatic heterocycles. The number of fused-ring (bicyclic) bond motifs is 2. The van der Waals surface area contributed by atoms with E-state index in [1.807, 2.05) is 11.1 Å². The molecule has 4 fully saturated rings. The fraction of sp³-hybridized carbons (Fsp3) is 0.667. The molecule has 4 heterocycles. The van der Waals surface area contributed by atoms with Gasteiger partial charge in [0.1, 0.15) is 5.82 Å². The van der Waals surface area contributed by atoms with Crippen molar-refractivity contribution in [1.82, 2.24) is 14.3 Å². The molecule has 5 aliphatic rings. The summed E-state index contributed by atoms with van der Waals surface area (Å²) in [6.45, 7) is 2.90. The van der Waals surface area contributed by atoms with Crippen molar-refractivity contribution in [2.45, 2.75) is 118 Å². The van der Waals surface area contributed by atoms with Gasteiger partial charge >= 0.3 is 0 Å². The average molecular weight is 704 g/mol. The number of benzene rings is 1. The second-order valence-corrected chi connectivity index (χ2v) is 17.4. The standard InChI is InChI=1S/C33H45N5O8S2/c1-22(46-47(2,40)41)23-7-5-10-27(19-23)48(42,43)37-16-12-24(13-17-37)35-32-34-21-28-30(36-32)38(31(39)33(28)14-15-33)25-8-6-9-26(20-25)45-29-11-3-4-18-44-29/h5,7,10,19,21-22,24-26,29H,3-4,6,8-9,11-18,20H2,1-2H3,(H,34,35,36)/t22?,25-,26-,29?/m1/s1. The number of hydrogen-bond donors (Lipinski definition) is 1. The first-order valence-electron chi connectivity index (χ1n) is 17.2. The smallest absolute Gasteiger partial charge is 0.264 e. The van der Waals surface area contributed by atoms with Crippen molar-refractivity contribution in [3.63, 3.8) is 0 Å². The van der Waals surface area contributed by atoms with Crippen molar-refractivity contribution in [2.24, 2.45) is 0 Å². The van der Waals surface area contributed by atoms with Crippen molar-refractivity contribution < 1.29 is 35.3 Å². The van der Waals surface area contributed by atoms with E-state index in [0.29, 0.717) is 43.3 Å². The Morgan fingerprint density at radius 3 is 2.54 bits per heavy atom. The minimum atomic E-state index is -3.81. The van der Waals surface area contributed by atoms with Crippen LogP contribution in [-0.4, -0.2) is 87.4 Å². The van der Waals surface area contributed by atoms with Crippen LogP contribution in [0.1, 0.15) is 94.8 Å². The Hall–Kier alpha value is -2.69. The van der Waals surface area contributed by atoms with Gasteiger partial charge in [0.05, 0.1) is 28.8 Å². The molecule has 13 nitrogen and oxygen atoms in total. The lowest BCUT2D eigenvalue weighted by molar-refractivity contribution is -0.193. The van der Waals surface area contributed by atoms with Gasteiger partial charge in [-0.3, -0.25) is 13.9 Å². The number of piperidine rings is 1. The van der Waals surface area contributed by atoms with Gasteiger partial charge in [0.2, 0.25) is 21.9 Å². The zero-order chi connectivity index (χ0) is 33.7. The Bertz CT molecular complexity index is 1740. The van der Waals surface area contributed by atoms with Crippen molar-refractivity contribution >= 4 is 37.8 Å². The molecule has 4 atom stereocenters. The molecule has 1 spiro atoms. The fourth-order valence-electron chi connectivity index (χ4n) is 7.68. The van der Waals surface area contributed by atoms with Crippen molar-refractivity contribution in [3.8, 4) is 0 Å².